The third-order valence-corrected chi connectivity index (χ3v) is 7.32. The summed E-state index contributed by atoms with van der Waals surface area (Å²) in [5.74, 6) is -3.28. The Morgan fingerprint density at radius 3 is 2.34 bits per heavy atom. The second kappa shape index (κ2) is 9.64. The molecule has 0 spiro atoms. The van der Waals surface area contributed by atoms with E-state index in [9.17, 15) is 34.8 Å². The Balaban J connectivity index is 2.16. The predicted molar refractivity (Wildman–Crippen MR) is 111 cm³/mol. The monoisotopic (exact) mass is 535 g/mol. The molecule has 3 rings (SSSR count). The van der Waals surface area contributed by atoms with Crippen LogP contribution in [0.15, 0.2) is 40.3 Å². The number of rotatable bonds is 8. The minimum Gasteiger partial charge on any atom is -0.453 e. The summed E-state index contributed by atoms with van der Waals surface area (Å²) in [6.45, 7) is -1.08. The Hall–Kier alpha value is -3.48. The normalized spacial score (nSPS) is 12.5. The number of nitrogens with one attached hydrogen (secondary N) is 1. The molecule has 0 amide bonds. The number of halogens is 3. The molecule has 0 atom stereocenters. The molecule has 35 heavy (non-hydrogen) atoms. The van der Waals surface area contributed by atoms with Crippen LogP contribution in [0.5, 0.6) is 0 Å². The number of esters is 1. The van der Waals surface area contributed by atoms with Crippen molar-refractivity contribution < 1.29 is 39.5 Å². The van der Waals surface area contributed by atoms with Crippen LogP contribution in [0.2, 0.25) is 0 Å². The number of carbonyl (C=O) groups excluding carboxylic acids is 1. The Bertz CT molecular complexity index is 1440. The number of alkyl halides is 3. The van der Waals surface area contributed by atoms with Gasteiger partial charge in [-0.05, 0) is 22.9 Å². The number of aromatic nitrogens is 5. The van der Waals surface area contributed by atoms with Crippen molar-refractivity contribution >= 4 is 25.8 Å². The van der Waals surface area contributed by atoms with Gasteiger partial charge in [0, 0.05) is 18.3 Å². The Kier molecular flexibility index (Phi) is 7.20. The molecular formula is C17H16F3N7O6S2. The lowest BCUT2D eigenvalue weighted by molar-refractivity contribution is -0.201. The first-order valence-corrected chi connectivity index (χ1v) is 12.5. The molecule has 0 aliphatic rings. The van der Waals surface area contributed by atoms with Gasteiger partial charge in [0.25, 0.3) is 0 Å². The zero-order chi connectivity index (χ0) is 26.0. The average Bonchev–Trinajstić information content (AvgIpc) is 3.30. The second-order valence-corrected chi connectivity index (χ2v) is 10.4. The molecule has 2 aromatic heterocycles. The molecular weight excluding hydrogens is 519 g/mol. The average molecular weight is 535 g/mol. The molecule has 0 saturated carbocycles. The molecule has 3 aromatic rings. The number of H-pyrrole nitrogens is 1. The summed E-state index contributed by atoms with van der Waals surface area (Å²) in [4.78, 5) is 13.3. The second-order valence-electron chi connectivity index (χ2n) is 6.82. The van der Waals surface area contributed by atoms with Gasteiger partial charge in [-0.15, -0.1) is 10.2 Å². The zero-order valence-electron chi connectivity index (χ0n) is 17.4. The van der Waals surface area contributed by atoms with E-state index in [1.807, 2.05) is 0 Å². The van der Waals surface area contributed by atoms with Crippen molar-refractivity contribution in [2.24, 2.45) is 10.9 Å². The Morgan fingerprint density at radius 2 is 1.83 bits per heavy atom. The molecule has 0 bridgehead atoms. The van der Waals surface area contributed by atoms with Crippen LogP contribution in [0.25, 0.3) is 22.5 Å². The van der Waals surface area contributed by atoms with Crippen LogP contribution in [-0.4, -0.2) is 66.9 Å². The number of hydrogen-bond donors (Lipinski definition) is 3. The minimum absolute atomic E-state index is 0.0544. The number of aromatic amines is 1. The van der Waals surface area contributed by atoms with Crippen LogP contribution in [0.1, 0.15) is 5.69 Å². The molecule has 188 valence electrons. The highest BCUT2D eigenvalue weighted by Gasteiger charge is 2.41. The molecule has 5 N–H and O–H groups in total. The first kappa shape index (κ1) is 26.1. The summed E-state index contributed by atoms with van der Waals surface area (Å²) in [6.07, 6.45) is -4.04. The SMILES string of the molecule is NCCS(=O)(=O)c1ccc(-c2ccc(COC(=O)C(F)(F)F)nc2)c(-c2nn[nH]n2)c1S(N)(=O)=O. The smallest absolute Gasteiger partial charge is 0.453 e. The quantitative estimate of drug-likeness (QED) is 0.324. The van der Waals surface area contributed by atoms with E-state index in [0.29, 0.717) is 0 Å². The van der Waals surface area contributed by atoms with Gasteiger partial charge < -0.3 is 10.5 Å². The first-order chi connectivity index (χ1) is 16.3. The molecule has 13 nitrogen and oxygen atoms in total. The van der Waals surface area contributed by atoms with Gasteiger partial charge in [0.05, 0.1) is 21.9 Å². The maximum Gasteiger partial charge on any atom is 0.490 e. The van der Waals surface area contributed by atoms with Crippen LogP contribution in [-0.2, 0) is 36.0 Å². The van der Waals surface area contributed by atoms with Crippen molar-refractivity contribution in [1.29, 1.82) is 0 Å². The summed E-state index contributed by atoms with van der Waals surface area (Å²) >= 11 is 0. The number of sulfone groups is 1. The standard InChI is InChI=1S/C17H16F3N7O6S2/c18-17(19,20)16(28)33-8-10-2-1-9(7-23-10)11-3-4-12(34(29,30)6-5-21)14(35(22,31)32)13(11)15-24-26-27-25-15/h1-4,7H,5-6,8,21H2,(H2,22,31,32)(H,24,25,26,27). The molecule has 0 aliphatic heterocycles. The number of pyridine rings is 1. The number of ether oxygens (including phenoxy) is 1. The number of benzene rings is 1. The highest BCUT2D eigenvalue weighted by molar-refractivity contribution is 7.93. The third kappa shape index (κ3) is 5.78. The predicted octanol–water partition coefficient (Wildman–Crippen LogP) is -0.0860. The van der Waals surface area contributed by atoms with E-state index in [-0.39, 0.29) is 34.8 Å². The van der Waals surface area contributed by atoms with E-state index in [4.69, 9.17) is 10.9 Å². The zero-order valence-corrected chi connectivity index (χ0v) is 19.0. The van der Waals surface area contributed by atoms with Gasteiger partial charge >= 0.3 is 12.1 Å². The van der Waals surface area contributed by atoms with Gasteiger partial charge in [-0.2, -0.15) is 18.4 Å². The van der Waals surface area contributed by atoms with E-state index in [0.717, 1.165) is 12.3 Å². The largest absolute Gasteiger partial charge is 0.490 e. The number of nitrogens with two attached hydrogens (primary N) is 2. The van der Waals surface area contributed by atoms with Crippen LogP contribution >= 0.6 is 0 Å². The van der Waals surface area contributed by atoms with E-state index in [2.05, 4.69) is 30.3 Å². The summed E-state index contributed by atoms with van der Waals surface area (Å²) in [6, 6.07) is 4.81. The number of tetrazole rings is 1. The first-order valence-electron chi connectivity index (χ1n) is 9.31. The fraction of sp³-hybridized carbons (Fsp3) is 0.235. The van der Waals surface area contributed by atoms with Crippen molar-refractivity contribution in [2.45, 2.75) is 22.6 Å². The summed E-state index contributed by atoms with van der Waals surface area (Å²) in [5, 5.41) is 18.3. The molecule has 0 saturated heterocycles. The van der Waals surface area contributed by atoms with Gasteiger partial charge in [-0.3, -0.25) is 4.98 Å². The van der Waals surface area contributed by atoms with Gasteiger partial charge in [-0.25, -0.2) is 26.8 Å². The maximum absolute atomic E-state index is 12.7. The van der Waals surface area contributed by atoms with Crippen molar-refractivity contribution in [2.75, 3.05) is 12.3 Å². The summed E-state index contributed by atoms with van der Waals surface area (Å²) in [7, 11) is -8.89. The molecule has 0 unspecified atom stereocenters. The van der Waals surface area contributed by atoms with E-state index < -0.39 is 54.2 Å². The van der Waals surface area contributed by atoms with Crippen LogP contribution in [0.3, 0.4) is 0 Å². The van der Waals surface area contributed by atoms with Gasteiger partial charge in [0.1, 0.15) is 11.5 Å². The number of carbonyl (C=O) groups is 1. The fourth-order valence-corrected chi connectivity index (χ4v) is 5.73. The topological polar surface area (TPSA) is 214 Å². The van der Waals surface area contributed by atoms with Crippen molar-refractivity contribution in [3.8, 4) is 22.5 Å². The number of hydrogen-bond acceptors (Lipinski definition) is 11. The lowest BCUT2D eigenvalue weighted by atomic mass is 10.0. The van der Waals surface area contributed by atoms with E-state index in [1.165, 1.54) is 18.2 Å². The molecule has 1 aromatic carbocycles. The van der Waals surface area contributed by atoms with Crippen LogP contribution in [0, 0.1) is 0 Å². The number of nitrogens with zero attached hydrogens (tertiary/aromatic N) is 4. The van der Waals surface area contributed by atoms with E-state index >= 15 is 0 Å². The minimum atomic E-state index is -5.17. The number of primary sulfonamides is 1. The molecule has 0 aliphatic carbocycles. The maximum atomic E-state index is 12.7. The highest BCUT2D eigenvalue weighted by Crippen LogP contribution is 2.38. The Morgan fingerprint density at radius 1 is 1.11 bits per heavy atom. The molecule has 0 fully saturated rings. The Labute approximate surface area is 195 Å². The third-order valence-electron chi connectivity index (χ3n) is 4.42. The van der Waals surface area contributed by atoms with Gasteiger partial charge in [-0.1, -0.05) is 12.1 Å². The highest BCUT2D eigenvalue weighted by atomic mass is 32.2. The van der Waals surface area contributed by atoms with E-state index in [1.54, 1.807) is 0 Å². The van der Waals surface area contributed by atoms with Gasteiger partial charge in [0.15, 0.2) is 9.84 Å². The fourth-order valence-electron chi connectivity index (χ4n) is 2.98. The lowest BCUT2D eigenvalue weighted by Crippen LogP contribution is -2.25. The van der Waals surface area contributed by atoms with Crippen LogP contribution < -0.4 is 10.9 Å². The van der Waals surface area contributed by atoms with Crippen molar-refractivity contribution in [1.82, 2.24) is 25.6 Å². The lowest BCUT2D eigenvalue weighted by Gasteiger charge is -2.16. The van der Waals surface area contributed by atoms with Crippen molar-refractivity contribution in [3.05, 3.63) is 36.2 Å². The molecule has 18 heteroatoms. The van der Waals surface area contributed by atoms with Crippen LogP contribution in [0.4, 0.5) is 13.2 Å². The summed E-state index contributed by atoms with van der Waals surface area (Å²) < 4.78 is 91.5. The van der Waals surface area contributed by atoms with Gasteiger partial charge in [0.2, 0.25) is 15.8 Å². The molecule has 2 heterocycles. The summed E-state index contributed by atoms with van der Waals surface area (Å²) in [5.41, 5.74) is 5.23. The number of sulfonamides is 1. The van der Waals surface area contributed by atoms with Crippen molar-refractivity contribution in [3.63, 3.8) is 0 Å². The molecule has 0 radical (unpaired) electrons.